The highest BCUT2D eigenvalue weighted by Crippen LogP contribution is 2.35. The van der Waals surface area contributed by atoms with Crippen LogP contribution in [0.4, 0.5) is 10.5 Å². The van der Waals surface area contributed by atoms with Crippen LogP contribution in [-0.4, -0.2) is 23.4 Å². The van der Waals surface area contributed by atoms with E-state index in [1.165, 1.54) is 12.1 Å². The Balaban J connectivity index is 1.70. The smallest absolute Gasteiger partial charge is 0.335 e. The van der Waals surface area contributed by atoms with Crippen LogP contribution in [0.1, 0.15) is 25.0 Å². The largest absolute Gasteiger partial charge is 0.487 e. The number of nitrogens with one attached hydrogen (secondary N) is 1. The minimum Gasteiger partial charge on any atom is -0.487 e. The molecule has 0 bridgehead atoms. The molecule has 2 aliphatic rings. The molecule has 4 rings (SSSR count). The van der Waals surface area contributed by atoms with Gasteiger partial charge in [0, 0.05) is 11.4 Å². The average Bonchev–Trinajstić information content (AvgIpc) is 2.91. The summed E-state index contributed by atoms with van der Waals surface area (Å²) in [6, 6.07) is 11.0. The van der Waals surface area contributed by atoms with Gasteiger partial charge >= 0.3 is 6.03 Å². The number of nitrogens with zero attached hydrogens (tertiary/aromatic N) is 1. The SMILES string of the molecule is CC1(C)Cc2cc(/C=C3\C(=O)NC(=O)N(c4cccc(Cl)c4)C3=O)ccc2O1. The molecule has 0 spiro atoms. The second-order valence-corrected chi connectivity index (χ2v) is 7.78. The molecule has 6 nitrogen and oxygen atoms in total. The quantitative estimate of drug-likeness (QED) is 0.620. The Morgan fingerprint density at radius 3 is 2.68 bits per heavy atom. The molecular weight excluding hydrogens is 380 g/mol. The van der Waals surface area contributed by atoms with Gasteiger partial charge in [-0.3, -0.25) is 14.9 Å². The summed E-state index contributed by atoms with van der Waals surface area (Å²) in [7, 11) is 0. The van der Waals surface area contributed by atoms with Crippen LogP contribution in [0.15, 0.2) is 48.0 Å². The number of carbonyl (C=O) groups excluding carboxylic acids is 3. The molecule has 0 aromatic heterocycles. The summed E-state index contributed by atoms with van der Waals surface area (Å²) < 4.78 is 5.85. The van der Waals surface area contributed by atoms with Crippen molar-refractivity contribution in [1.29, 1.82) is 0 Å². The standard InChI is InChI=1S/C21H17ClN2O4/c1-21(2)11-13-8-12(6-7-17(13)28-21)9-16-18(25)23-20(27)24(19(16)26)15-5-3-4-14(22)10-15/h3-10H,11H2,1-2H3,(H,23,25,27)/b16-9+. The monoisotopic (exact) mass is 396 g/mol. The molecule has 0 atom stereocenters. The molecule has 142 valence electrons. The van der Waals surface area contributed by atoms with E-state index in [1.54, 1.807) is 24.3 Å². The van der Waals surface area contributed by atoms with Crippen LogP contribution in [0.2, 0.25) is 5.02 Å². The summed E-state index contributed by atoms with van der Waals surface area (Å²) in [6.45, 7) is 4.00. The van der Waals surface area contributed by atoms with E-state index in [0.717, 1.165) is 22.6 Å². The van der Waals surface area contributed by atoms with Crippen molar-refractivity contribution in [2.24, 2.45) is 0 Å². The van der Waals surface area contributed by atoms with Crippen LogP contribution >= 0.6 is 11.6 Å². The number of urea groups is 1. The molecule has 28 heavy (non-hydrogen) atoms. The molecular formula is C21H17ClN2O4. The van der Waals surface area contributed by atoms with Gasteiger partial charge in [0.25, 0.3) is 11.8 Å². The average molecular weight is 397 g/mol. The fourth-order valence-electron chi connectivity index (χ4n) is 3.39. The maximum atomic E-state index is 12.9. The third-order valence-corrected chi connectivity index (χ3v) is 4.80. The number of hydrogen-bond donors (Lipinski definition) is 1. The van der Waals surface area contributed by atoms with Crippen molar-refractivity contribution in [3.8, 4) is 5.75 Å². The minimum atomic E-state index is -0.807. The molecule has 0 unspecified atom stereocenters. The maximum absolute atomic E-state index is 12.9. The number of barbiturate groups is 1. The summed E-state index contributed by atoms with van der Waals surface area (Å²) in [5.74, 6) is -0.638. The van der Waals surface area contributed by atoms with Crippen molar-refractivity contribution in [2.75, 3.05) is 4.90 Å². The maximum Gasteiger partial charge on any atom is 0.335 e. The van der Waals surface area contributed by atoms with Gasteiger partial charge in [-0.15, -0.1) is 0 Å². The first-order chi connectivity index (χ1) is 13.2. The summed E-state index contributed by atoms with van der Waals surface area (Å²) in [4.78, 5) is 38.3. The van der Waals surface area contributed by atoms with Gasteiger partial charge in [-0.1, -0.05) is 23.7 Å². The number of carbonyl (C=O) groups is 3. The fraction of sp³-hybridized carbons (Fsp3) is 0.190. The van der Waals surface area contributed by atoms with Crippen molar-refractivity contribution in [3.63, 3.8) is 0 Å². The Labute approximate surface area is 166 Å². The Bertz CT molecular complexity index is 1060. The van der Waals surface area contributed by atoms with Crippen LogP contribution in [0.5, 0.6) is 5.75 Å². The van der Waals surface area contributed by atoms with Crippen molar-refractivity contribution in [1.82, 2.24) is 5.32 Å². The van der Waals surface area contributed by atoms with Crippen molar-refractivity contribution in [2.45, 2.75) is 25.9 Å². The molecule has 4 amide bonds. The number of hydrogen-bond acceptors (Lipinski definition) is 4. The first-order valence-corrected chi connectivity index (χ1v) is 9.10. The number of imide groups is 2. The molecule has 2 heterocycles. The first kappa shape index (κ1) is 18.3. The summed E-state index contributed by atoms with van der Waals surface area (Å²) in [5.41, 5.74) is 1.56. The van der Waals surface area contributed by atoms with Gasteiger partial charge in [-0.25, -0.2) is 9.69 Å². The van der Waals surface area contributed by atoms with Crippen LogP contribution in [0.3, 0.4) is 0 Å². The second kappa shape index (κ2) is 6.49. The van der Waals surface area contributed by atoms with E-state index in [-0.39, 0.29) is 16.9 Å². The van der Waals surface area contributed by atoms with E-state index < -0.39 is 17.8 Å². The molecule has 0 aliphatic carbocycles. The van der Waals surface area contributed by atoms with E-state index >= 15 is 0 Å². The first-order valence-electron chi connectivity index (χ1n) is 8.72. The zero-order chi connectivity index (χ0) is 20.1. The lowest BCUT2D eigenvalue weighted by atomic mass is 9.99. The van der Waals surface area contributed by atoms with Gasteiger partial charge in [0.05, 0.1) is 5.69 Å². The number of ether oxygens (including phenoxy) is 1. The number of benzene rings is 2. The number of amides is 4. The predicted octanol–water partition coefficient (Wildman–Crippen LogP) is 3.72. The molecule has 7 heteroatoms. The van der Waals surface area contributed by atoms with Gasteiger partial charge in [0.2, 0.25) is 0 Å². The predicted molar refractivity (Wildman–Crippen MR) is 105 cm³/mol. The molecule has 0 saturated carbocycles. The van der Waals surface area contributed by atoms with E-state index in [2.05, 4.69) is 5.32 Å². The Morgan fingerprint density at radius 1 is 1.14 bits per heavy atom. The summed E-state index contributed by atoms with van der Waals surface area (Å²) >= 11 is 5.97. The van der Waals surface area contributed by atoms with Crippen LogP contribution in [0, 0.1) is 0 Å². The Morgan fingerprint density at radius 2 is 1.93 bits per heavy atom. The van der Waals surface area contributed by atoms with E-state index in [9.17, 15) is 14.4 Å². The Hall–Kier alpha value is -3.12. The highest BCUT2D eigenvalue weighted by molar-refractivity contribution is 6.39. The van der Waals surface area contributed by atoms with E-state index in [1.807, 2.05) is 26.0 Å². The lowest BCUT2D eigenvalue weighted by Gasteiger charge is -2.26. The van der Waals surface area contributed by atoms with Crippen molar-refractivity contribution >= 4 is 41.2 Å². The van der Waals surface area contributed by atoms with Gasteiger partial charge < -0.3 is 4.74 Å². The highest BCUT2D eigenvalue weighted by Gasteiger charge is 2.37. The van der Waals surface area contributed by atoms with E-state index in [4.69, 9.17) is 16.3 Å². The van der Waals surface area contributed by atoms with Gasteiger partial charge in [0.1, 0.15) is 16.9 Å². The van der Waals surface area contributed by atoms with E-state index in [0.29, 0.717) is 10.6 Å². The molecule has 1 N–H and O–H groups in total. The van der Waals surface area contributed by atoms with Crippen LogP contribution < -0.4 is 15.0 Å². The van der Waals surface area contributed by atoms with Gasteiger partial charge in [-0.2, -0.15) is 0 Å². The van der Waals surface area contributed by atoms with Gasteiger partial charge in [-0.05, 0) is 61.4 Å². The zero-order valence-electron chi connectivity index (χ0n) is 15.3. The Kier molecular flexibility index (Phi) is 4.23. The number of rotatable bonds is 2. The van der Waals surface area contributed by atoms with Gasteiger partial charge in [0.15, 0.2) is 0 Å². The lowest BCUT2D eigenvalue weighted by Crippen LogP contribution is -2.54. The molecule has 2 aliphatic heterocycles. The summed E-state index contributed by atoms with van der Waals surface area (Å²) in [6.07, 6.45) is 2.21. The third kappa shape index (κ3) is 3.27. The number of halogens is 1. The van der Waals surface area contributed by atoms with Crippen LogP contribution in [-0.2, 0) is 16.0 Å². The zero-order valence-corrected chi connectivity index (χ0v) is 16.0. The van der Waals surface area contributed by atoms with Crippen molar-refractivity contribution in [3.05, 3.63) is 64.2 Å². The third-order valence-electron chi connectivity index (χ3n) is 4.57. The summed E-state index contributed by atoms with van der Waals surface area (Å²) in [5, 5.41) is 2.58. The topological polar surface area (TPSA) is 75.7 Å². The van der Waals surface area contributed by atoms with Crippen LogP contribution in [0.25, 0.3) is 6.08 Å². The molecule has 2 aromatic rings. The minimum absolute atomic E-state index is 0.127. The highest BCUT2D eigenvalue weighted by atomic mass is 35.5. The molecule has 2 aromatic carbocycles. The fourth-order valence-corrected chi connectivity index (χ4v) is 3.58. The molecule has 1 fully saturated rings. The van der Waals surface area contributed by atoms with Crippen molar-refractivity contribution < 1.29 is 19.1 Å². The lowest BCUT2D eigenvalue weighted by molar-refractivity contribution is -0.122. The number of anilines is 1. The second-order valence-electron chi connectivity index (χ2n) is 7.34. The number of fused-ring (bicyclic) bond motifs is 1. The molecule has 0 radical (unpaired) electrons. The normalized spacial score (nSPS) is 19.5. The molecule has 1 saturated heterocycles.